The molecule has 0 aliphatic heterocycles. The standard InChI is InChI=1S/C11H25N2O5.K/c1-14-6-3-12-4-7-16-9-10-18-17-8-5-13-11-15-2;/h12H,3-11H2,1-2H3;/q-1;+1. The van der Waals surface area contributed by atoms with Gasteiger partial charge in [0.2, 0.25) is 0 Å². The van der Waals surface area contributed by atoms with E-state index in [9.17, 15) is 0 Å². The molecule has 0 unspecified atom stereocenters. The summed E-state index contributed by atoms with van der Waals surface area (Å²) in [6, 6.07) is 0. The summed E-state index contributed by atoms with van der Waals surface area (Å²) in [5.41, 5.74) is 0. The molecule has 0 aromatic rings. The number of hydrogen-bond acceptors (Lipinski definition) is 6. The van der Waals surface area contributed by atoms with Crippen molar-refractivity contribution in [2.24, 2.45) is 0 Å². The monoisotopic (exact) mass is 304 g/mol. The van der Waals surface area contributed by atoms with Crippen LogP contribution in [-0.4, -0.2) is 73.6 Å². The van der Waals surface area contributed by atoms with E-state index in [1.165, 1.54) is 0 Å². The second kappa shape index (κ2) is 21.7. The minimum atomic E-state index is 0. The Morgan fingerprint density at radius 3 is 2.32 bits per heavy atom. The van der Waals surface area contributed by atoms with E-state index >= 15 is 0 Å². The van der Waals surface area contributed by atoms with Crippen molar-refractivity contribution in [3.05, 3.63) is 5.32 Å². The molecule has 0 radical (unpaired) electrons. The Labute approximate surface area is 158 Å². The average Bonchev–Trinajstić information content (AvgIpc) is 2.39. The molecule has 8 heteroatoms. The molecule has 0 aromatic carbocycles. The van der Waals surface area contributed by atoms with Crippen LogP contribution in [0, 0.1) is 0 Å². The van der Waals surface area contributed by atoms with Gasteiger partial charge >= 0.3 is 51.4 Å². The molecule has 0 saturated heterocycles. The van der Waals surface area contributed by atoms with Gasteiger partial charge in [-0.2, -0.15) is 0 Å². The molecular weight excluding hydrogens is 279 g/mol. The van der Waals surface area contributed by atoms with E-state index in [1.54, 1.807) is 14.2 Å². The maximum atomic E-state index is 5.31. The third-order valence-electron chi connectivity index (χ3n) is 1.85. The van der Waals surface area contributed by atoms with Crippen molar-refractivity contribution in [1.82, 2.24) is 5.32 Å². The van der Waals surface area contributed by atoms with Gasteiger partial charge in [-0.05, 0) is 6.73 Å². The number of ether oxygens (including phenoxy) is 3. The largest absolute Gasteiger partial charge is 1.00 e. The SMILES string of the molecule is COCCNCCOCCOOCC[N-]COC.[K+]. The van der Waals surface area contributed by atoms with E-state index in [1.807, 2.05) is 0 Å². The van der Waals surface area contributed by atoms with Crippen molar-refractivity contribution in [3.8, 4) is 0 Å². The van der Waals surface area contributed by atoms with Crippen molar-refractivity contribution in [2.75, 3.05) is 73.6 Å². The first-order valence-electron chi connectivity index (χ1n) is 6.05. The molecule has 0 atom stereocenters. The predicted molar refractivity (Wildman–Crippen MR) is 67.6 cm³/mol. The van der Waals surface area contributed by atoms with Crippen LogP contribution in [-0.2, 0) is 24.0 Å². The smallest absolute Gasteiger partial charge is 0.638 e. The Kier molecular flexibility index (Phi) is 25.8. The van der Waals surface area contributed by atoms with Gasteiger partial charge in [0.05, 0.1) is 26.4 Å². The number of nitrogens with zero attached hydrogens (tertiary/aromatic N) is 1. The van der Waals surface area contributed by atoms with E-state index in [2.05, 4.69) is 10.6 Å². The van der Waals surface area contributed by atoms with E-state index in [4.69, 9.17) is 24.0 Å². The molecule has 1 N–H and O–H groups in total. The number of hydrogen-bond donors (Lipinski definition) is 1. The molecule has 0 aromatic heterocycles. The summed E-state index contributed by atoms with van der Waals surface area (Å²) >= 11 is 0. The van der Waals surface area contributed by atoms with Gasteiger partial charge in [-0.25, -0.2) is 9.78 Å². The minimum Gasteiger partial charge on any atom is -0.638 e. The zero-order chi connectivity index (χ0) is 13.3. The van der Waals surface area contributed by atoms with Crippen molar-refractivity contribution in [1.29, 1.82) is 0 Å². The average molecular weight is 304 g/mol. The van der Waals surface area contributed by atoms with Gasteiger partial charge in [0.15, 0.2) is 0 Å². The molecular formula is C11H25KN2O5. The van der Waals surface area contributed by atoms with E-state index in [0.717, 1.165) is 13.1 Å². The van der Waals surface area contributed by atoms with Gasteiger partial charge < -0.3 is 24.8 Å². The topological polar surface area (TPSA) is 72.3 Å². The fourth-order valence-electron chi connectivity index (χ4n) is 1.01. The van der Waals surface area contributed by atoms with Gasteiger partial charge in [-0.1, -0.05) is 0 Å². The summed E-state index contributed by atoms with van der Waals surface area (Å²) in [5, 5.41) is 7.17. The Morgan fingerprint density at radius 2 is 1.58 bits per heavy atom. The summed E-state index contributed by atoms with van der Waals surface area (Å²) in [6.07, 6.45) is 0. The van der Waals surface area contributed by atoms with Crippen LogP contribution in [0.1, 0.15) is 0 Å². The molecule has 0 spiro atoms. The van der Waals surface area contributed by atoms with Crippen LogP contribution in [0.5, 0.6) is 0 Å². The van der Waals surface area contributed by atoms with E-state index < -0.39 is 0 Å². The van der Waals surface area contributed by atoms with Crippen LogP contribution in [0.3, 0.4) is 0 Å². The molecule has 19 heavy (non-hydrogen) atoms. The second-order valence-electron chi connectivity index (χ2n) is 3.36. The fourth-order valence-corrected chi connectivity index (χ4v) is 1.01. The van der Waals surface area contributed by atoms with Crippen LogP contribution in [0.2, 0.25) is 0 Å². The van der Waals surface area contributed by atoms with Crippen molar-refractivity contribution in [2.45, 2.75) is 0 Å². The van der Waals surface area contributed by atoms with E-state index in [-0.39, 0.29) is 51.4 Å². The Balaban J connectivity index is 0. The van der Waals surface area contributed by atoms with Crippen molar-refractivity contribution >= 4 is 0 Å². The first-order chi connectivity index (χ1) is 8.91. The molecule has 0 aliphatic rings. The maximum Gasteiger partial charge on any atom is 1.00 e. The second-order valence-corrected chi connectivity index (χ2v) is 3.36. The summed E-state index contributed by atoms with van der Waals surface area (Å²) in [4.78, 5) is 9.77. The number of nitrogens with one attached hydrogen (secondary N) is 1. The fraction of sp³-hybridized carbons (Fsp3) is 1.00. The van der Waals surface area contributed by atoms with Crippen LogP contribution in [0.15, 0.2) is 0 Å². The molecule has 110 valence electrons. The third kappa shape index (κ3) is 21.8. The van der Waals surface area contributed by atoms with Gasteiger partial charge in [0.1, 0.15) is 6.61 Å². The molecule has 0 fully saturated rings. The third-order valence-corrected chi connectivity index (χ3v) is 1.85. The van der Waals surface area contributed by atoms with Gasteiger partial charge in [0.25, 0.3) is 0 Å². The Bertz CT molecular complexity index is 141. The molecule has 7 nitrogen and oxygen atoms in total. The quantitative estimate of drug-likeness (QED) is 0.152. The Morgan fingerprint density at radius 1 is 0.842 bits per heavy atom. The summed E-state index contributed by atoms with van der Waals surface area (Å²) < 4.78 is 15.0. The Hall–Kier alpha value is 1.36. The number of methoxy groups -OCH3 is 2. The summed E-state index contributed by atoms with van der Waals surface area (Å²) in [6.45, 7) is 5.33. The zero-order valence-corrected chi connectivity index (χ0v) is 15.5. The first-order valence-corrected chi connectivity index (χ1v) is 6.05. The molecule has 0 rings (SSSR count). The van der Waals surface area contributed by atoms with Gasteiger partial charge in [-0.15, -0.1) is 6.54 Å². The normalized spacial score (nSPS) is 10.4. The first kappa shape index (κ1) is 22.6. The molecule has 0 bridgehead atoms. The molecule has 0 saturated carbocycles. The van der Waals surface area contributed by atoms with Crippen LogP contribution in [0.4, 0.5) is 0 Å². The number of rotatable bonds is 15. The van der Waals surface area contributed by atoms with Crippen molar-refractivity contribution in [3.63, 3.8) is 0 Å². The zero-order valence-electron chi connectivity index (χ0n) is 12.4. The van der Waals surface area contributed by atoms with Gasteiger partial charge in [0, 0.05) is 27.3 Å². The van der Waals surface area contributed by atoms with Crippen LogP contribution < -0.4 is 56.7 Å². The minimum absolute atomic E-state index is 0. The van der Waals surface area contributed by atoms with Crippen molar-refractivity contribution < 1.29 is 75.4 Å². The maximum absolute atomic E-state index is 5.31. The molecule has 0 aliphatic carbocycles. The van der Waals surface area contributed by atoms with Gasteiger partial charge in [-0.3, -0.25) is 0 Å². The summed E-state index contributed by atoms with van der Waals surface area (Å²) in [7, 11) is 3.28. The summed E-state index contributed by atoms with van der Waals surface area (Å²) in [5.74, 6) is 0. The molecule has 0 amide bonds. The molecule has 0 heterocycles. The van der Waals surface area contributed by atoms with Crippen LogP contribution in [0.25, 0.3) is 5.32 Å². The van der Waals surface area contributed by atoms with E-state index in [0.29, 0.717) is 46.3 Å². The predicted octanol–water partition coefficient (Wildman–Crippen LogP) is -2.83. The van der Waals surface area contributed by atoms with Crippen LogP contribution >= 0.6 is 0 Å².